The fourth-order valence-corrected chi connectivity index (χ4v) is 7.03. The van der Waals surface area contributed by atoms with Crippen LogP contribution >= 0.6 is 12.6 Å². The third-order valence-electron chi connectivity index (χ3n) is 8.13. The molecule has 0 amide bonds. The van der Waals surface area contributed by atoms with E-state index in [1.807, 2.05) is 29.0 Å². The molecule has 2 unspecified atom stereocenters. The van der Waals surface area contributed by atoms with Crippen molar-refractivity contribution in [2.24, 2.45) is 0 Å². The molecule has 1 N–H and O–H groups in total. The van der Waals surface area contributed by atoms with Crippen molar-refractivity contribution in [3.05, 3.63) is 101 Å². The summed E-state index contributed by atoms with van der Waals surface area (Å²) >= 11 is 4.42. The third-order valence-corrected chi connectivity index (χ3v) is 9.30. The molecule has 0 bridgehead atoms. The van der Waals surface area contributed by atoms with Gasteiger partial charge in [-0.05, 0) is 65.4 Å². The van der Waals surface area contributed by atoms with Crippen LogP contribution in [0.25, 0.3) is 23.1 Å². The maximum atomic E-state index is 11.1. The smallest absolute Gasteiger partial charge is 0.265 e. The molecule has 1 aliphatic heterocycles. The average molecular weight is 558 g/mol. The molecule has 0 saturated heterocycles. The summed E-state index contributed by atoms with van der Waals surface area (Å²) < 4.78 is 33.4. The summed E-state index contributed by atoms with van der Waals surface area (Å²) in [5.41, 5.74) is 8.63. The number of fused-ring (bicyclic) bond motifs is 4. The van der Waals surface area contributed by atoms with Gasteiger partial charge in [0.1, 0.15) is 6.54 Å². The highest BCUT2D eigenvalue weighted by Gasteiger charge is 2.42. The van der Waals surface area contributed by atoms with Gasteiger partial charge < -0.3 is 4.90 Å². The number of rotatable bonds is 8. The first kappa shape index (κ1) is 26.1. The first-order chi connectivity index (χ1) is 18.9. The van der Waals surface area contributed by atoms with Crippen LogP contribution < -0.4 is 9.47 Å². The Balaban J connectivity index is 1.28. The molecule has 5 nitrogen and oxygen atoms in total. The predicted octanol–water partition coefficient (Wildman–Crippen LogP) is 6.79. The molecule has 1 aromatic heterocycles. The molecule has 1 aliphatic carbocycles. The maximum Gasteiger partial charge on any atom is 0.265 e. The Kier molecular flexibility index (Phi) is 7.23. The summed E-state index contributed by atoms with van der Waals surface area (Å²) in [6.45, 7) is 0.519. The van der Waals surface area contributed by atoms with E-state index < -0.39 is 10.1 Å². The van der Waals surface area contributed by atoms with Gasteiger partial charge in [-0.1, -0.05) is 48.9 Å². The molecule has 0 radical (unpaired) electrons. The minimum absolute atomic E-state index is 0.242. The fraction of sp³-hybridized carbons (Fsp3) is 0.281. The number of aromatic nitrogens is 1. The number of pyridine rings is 1. The van der Waals surface area contributed by atoms with Crippen LogP contribution in [-0.4, -0.2) is 24.8 Å². The van der Waals surface area contributed by atoms with Crippen molar-refractivity contribution in [1.29, 1.82) is 0 Å². The Morgan fingerprint density at radius 1 is 1.00 bits per heavy atom. The van der Waals surface area contributed by atoms with Crippen LogP contribution in [0.2, 0.25) is 0 Å². The zero-order chi connectivity index (χ0) is 27.0. The van der Waals surface area contributed by atoms with Crippen LogP contribution in [0, 0.1) is 0 Å². The van der Waals surface area contributed by atoms with Gasteiger partial charge in [0.25, 0.3) is 10.1 Å². The summed E-state index contributed by atoms with van der Waals surface area (Å²) in [6.07, 6.45) is 10.4. The van der Waals surface area contributed by atoms with Crippen LogP contribution in [0.5, 0.6) is 0 Å². The molecule has 39 heavy (non-hydrogen) atoms. The van der Waals surface area contributed by atoms with Crippen LogP contribution in [0.3, 0.4) is 0 Å². The van der Waals surface area contributed by atoms with Crippen LogP contribution in [0.15, 0.2) is 79.0 Å². The summed E-state index contributed by atoms with van der Waals surface area (Å²) in [5, 5.41) is 1.11. The van der Waals surface area contributed by atoms with E-state index in [-0.39, 0.29) is 5.75 Å². The van der Waals surface area contributed by atoms with E-state index in [0.29, 0.717) is 24.9 Å². The van der Waals surface area contributed by atoms with Crippen molar-refractivity contribution < 1.29 is 17.5 Å². The highest BCUT2D eigenvalue weighted by molar-refractivity contribution is 7.85. The Labute approximate surface area is 236 Å². The monoisotopic (exact) mass is 557 g/mol. The van der Waals surface area contributed by atoms with E-state index in [0.717, 1.165) is 22.2 Å². The van der Waals surface area contributed by atoms with Gasteiger partial charge in [-0.3, -0.25) is 4.55 Å². The van der Waals surface area contributed by atoms with E-state index in [2.05, 4.69) is 84.3 Å². The minimum Gasteiger partial charge on any atom is -0.338 e. The summed E-state index contributed by atoms with van der Waals surface area (Å²) in [7, 11) is -3.96. The SMILES string of the molecule is O=S(=O)(O)CCC[n+]1ccc(C=Cc2ccc3c(c2)C2CCCC2N3c2ccc(CS)cc2)c2ccccc21. The molecule has 200 valence electrons. The lowest BCUT2D eigenvalue weighted by Gasteiger charge is -2.27. The van der Waals surface area contributed by atoms with E-state index in [9.17, 15) is 8.42 Å². The number of thiol groups is 1. The number of hydrogen-bond donors (Lipinski definition) is 2. The van der Waals surface area contributed by atoms with Crippen LogP contribution in [0.4, 0.5) is 11.4 Å². The zero-order valence-electron chi connectivity index (χ0n) is 21.8. The van der Waals surface area contributed by atoms with Crippen molar-refractivity contribution >= 4 is 57.2 Å². The largest absolute Gasteiger partial charge is 0.338 e. The van der Waals surface area contributed by atoms with Gasteiger partial charge in [-0.2, -0.15) is 25.6 Å². The molecule has 1 fully saturated rings. The van der Waals surface area contributed by atoms with Crippen molar-refractivity contribution in [1.82, 2.24) is 0 Å². The van der Waals surface area contributed by atoms with E-state index in [1.54, 1.807) is 0 Å². The number of aryl methyl sites for hydroxylation is 1. The molecule has 2 heterocycles. The summed E-state index contributed by atoms with van der Waals surface area (Å²) in [4.78, 5) is 2.55. The molecule has 4 aromatic rings. The van der Waals surface area contributed by atoms with Gasteiger partial charge in [-0.15, -0.1) is 0 Å². The molecule has 3 aromatic carbocycles. The molecule has 0 spiro atoms. The molecule has 7 heteroatoms. The minimum atomic E-state index is -3.96. The van der Waals surface area contributed by atoms with Crippen molar-refractivity contribution in [2.45, 2.75) is 49.9 Å². The Morgan fingerprint density at radius 2 is 1.82 bits per heavy atom. The fourth-order valence-electron chi connectivity index (χ4n) is 6.33. The molecule has 1 saturated carbocycles. The topological polar surface area (TPSA) is 61.5 Å². The van der Waals surface area contributed by atoms with Gasteiger partial charge >= 0.3 is 0 Å². The zero-order valence-corrected chi connectivity index (χ0v) is 23.5. The molecular formula is C32H33N2O3S2+. The molecule has 2 aliphatic rings. The lowest BCUT2D eigenvalue weighted by Crippen LogP contribution is -2.35. The van der Waals surface area contributed by atoms with Crippen molar-refractivity contribution in [3.63, 3.8) is 0 Å². The second-order valence-electron chi connectivity index (χ2n) is 10.6. The van der Waals surface area contributed by atoms with Gasteiger partial charge in [-0.25, -0.2) is 0 Å². The Morgan fingerprint density at radius 3 is 2.62 bits per heavy atom. The van der Waals surface area contributed by atoms with E-state index >= 15 is 0 Å². The third kappa shape index (κ3) is 5.36. The number of hydrogen-bond acceptors (Lipinski definition) is 4. The van der Waals surface area contributed by atoms with Gasteiger partial charge in [0.05, 0.1) is 11.1 Å². The van der Waals surface area contributed by atoms with Gasteiger partial charge in [0, 0.05) is 47.6 Å². The van der Waals surface area contributed by atoms with Crippen LogP contribution in [0.1, 0.15) is 53.9 Å². The van der Waals surface area contributed by atoms with Crippen LogP contribution in [-0.2, 0) is 22.4 Å². The first-order valence-corrected chi connectivity index (χ1v) is 15.8. The lowest BCUT2D eigenvalue weighted by atomic mass is 9.95. The first-order valence-electron chi connectivity index (χ1n) is 13.6. The Hall–Kier alpha value is -3.13. The summed E-state index contributed by atoms with van der Waals surface area (Å²) in [5.74, 6) is 1.08. The molecule has 6 rings (SSSR count). The summed E-state index contributed by atoms with van der Waals surface area (Å²) in [6, 6.07) is 26.5. The molecule has 2 atom stereocenters. The second kappa shape index (κ2) is 10.8. The normalized spacial score (nSPS) is 18.7. The number of benzene rings is 3. The van der Waals surface area contributed by atoms with Gasteiger partial charge in [0.2, 0.25) is 5.52 Å². The number of para-hydroxylation sites is 1. The highest BCUT2D eigenvalue weighted by Crippen LogP contribution is 2.52. The van der Waals surface area contributed by atoms with Gasteiger partial charge in [0.15, 0.2) is 6.20 Å². The lowest BCUT2D eigenvalue weighted by molar-refractivity contribution is -0.671. The van der Waals surface area contributed by atoms with E-state index in [4.69, 9.17) is 4.55 Å². The second-order valence-corrected chi connectivity index (χ2v) is 12.5. The number of nitrogens with zero attached hydrogens (tertiary/aromatic N) is 2. The molecular weight excluding hydrogens is 524 g/mol. The average Bonchev–Trinajstić information content (AvgIpc) is 3.53. The predicted molar refractivity (Wildman–Crippen MR) is 162 cm³/mol. The van der Waals surface area contributed by atoms with Crippen molar-refractivity contribution in [2.75, 3.05) is 10.7 Å². The van der Waals surface area contributed by atoms with E-state index in [1.165, 1.54) is 47.3 Å². The standard InChI is InChI=1S/C32H32N2O3S2/c35-39(36,37)20-4-18-33-19-17-25(27-5-1-2-7-30(27)33)13-9-23-12-16-32-29(21-23)28-6-3-8-31(28)34(32)26-14-10-24(22-38)11-15-26/h1-2,5,7,9-17,19,21,28,31H,3-4,6,8,18,20,22H2,(H-,35,36,37,38)/p+1. The quantitative estimate of drug-likeness (QED) is 0.142. The number of anilines is 2. The maximum absolute atomic E-state index is 11.1. The highest BCUT2D eigenvalue weighted by atomic mass is 32.2. The van der Waals surface area contributed by atoms with Crippen molar-refractivity contribution in [3.8, 4) is 0 Å². The Bertz CT molecular complexity index is 1650.